The highest BCUT2D eigenvalue weighted by Gasteiger charge is 2.33. The average Bonchev–Trinajstić information content (AvgIpc) is 3.27. The smallest absolute Gasteiger partial charge is 0.257 e. The summed E-state index contributed by atoms with van der Waals surface area (Å²) in [6.07, 6.45) is 5.11. The van der Waals surface area contributed by atoms with Crippen molar-refractivity contribution in [2.45, 2.75) is 6.54 Å². The number of nitrogens with zero attached hydrogens (tertiary/aromatic N) is 6. The average molecular weight is 489 g/mol. The highest BCUT2D eigenvalue weighted by Crippen LogP contribution is 2.21. The number of hydrogen-bond donors (Lipinski definition) is 0. The molecule has 12 heteroatoms. The highest BCUT2D eigenvalue weighted by molar-refractivity contribution is 7.90. The van der Waals surface area contributed by atoms with Gasteiger partial charge in [0.15, 0.2) is 5.84 Å². The normalized spacial score (nSPS) is 20.3. The number of fused-ring (bicyclic) bond motifs is 1. The van der Waals surface area contributed by atoms with Gasteiger partial charge < -0.3 is 14.3 Å². The summed E-state index contributed by atoms with van der Waals surface area (Å²) in [5, 5.41) is 4.67. The molecule has 1 fully saturated rings. The first kappa shape index (κ1) is 21.8. The number of sulfonamides is 1. The predicted octanol–water partition coefficient (Wildman–Crippen LogP) is 1.53. The van der Waals surface area contributed by atoms with Gasteiger partial charge in [0.1, 0.15) is 0 Å². The standard InChI is InChI=1S/C21H21ClN6O4S/c22-16-5-3-15(4-6-16)19-23-18(32-24-19)14-26-8-10-28(11-9-26)21(29)17-2-1-7-27-12-13-33(30,31)25-20(17)27/h1-7H,8-14H2. The van der Waals surface area contributed by atoms with Crippen LogP contribution in [0, 0.1) is 0 Å². The molecule has 0 N–H and O–H groups in total. The van der Waals surface area contributed by atoms with E-state index in [-0.39, 0.29) is 24.0 Å². The number of amidine groups is 1. The van der Waals surface area contributed by atoms with Crippen LogP contribution in [0.1, 0.15) is 5.89 Å². The molecular formula is C21H21ClN6O4S. The summed E-state index contributed by atoms with van der Waals surface area (Å²) >= 11 is 5.92. The van der Waals surface area contributed by atoms with Crippen molar-refractivity contribution < 1.29 is 17.7 Å². The molecule has 3 aliphatic heterocycles. The Hall–Kier alpha value is -3.02. The molecule has 4 heterocycles. The van der Waals surface area contributed by atoms with E-state index in [2.05, 4.69) is 19.4 Å². The number of aromatic nitrogens is 2. The minimum Gasteiger partial charge on any atom is -0.338 e. The zero-order chi connectivity index (χ0) is 23.0. The SMILES string of the molecule is O=C(C1=CC=CN2CCS(=O)(=O)N=C12)N1CCN(Cc2nc(-c3ccc(Cl)cc3)no2)CC1. The summed E-state index contributed by atoms with van der Waals surface area (Å²) < 4.78 is 33.1. The summed E-state index contributed by atoms with van der Waals surface area (Å²) in [5.41, 5.74) is 1.13. The number of carbonyl (C=O) groups excluding carboxylic acids is 1. The third-order valence-electron chi connectivity index (χ3n) is 5.68. The van der Waals surface area contributed by atoms with Gasteiger partial charge in [0.25, 0.3) is 15.9 Å². The summed E-state index contributed by atoms with van der Waals surface area (Å²) in [6.45, 7) is 3.02. The number of piperazine rings is 1. The van der Waals surface area contributed by atoms with Gasteiger partial charge in [-0.3, -0.25) is 9.69 Å². The Bertz CT molecular complexity index is 1260. The lowest BCUT2D eigenvalue weighted by molar-refractivity contribution is -0.128. The Balaban J connectivity index is 1.20. The maximum absolute atomic E-state index is 13.1. The van der Waals surface area contributed by atoms with Gasteiger partial charge in [-0.1, -0.05) is 16.8 Å². The summed E-state index contributed by atoms with van der Waals surface area (Å²) in [4.78, 5) is 23.1. The third-order valence-corrected chi connectivity index (χ3v) is 7.08. The van der Waals surface area contributed by atoms with E-state index in [0.717, 1.165) is 5.56 Å². The zero-order valence-corrected chi connectivity index (χ0v) is 19.2. The summed E-state index contributed by atoms with van der Waals surface area (Å²) in [7, 11) is -3.55. The molecule has 0 aliphatic carbocycles. The molecule has 5 rings (SSSR count). The molecule has 0 spiro atoms. The molecule has 1 saturated heterocycles. The van der Waals surface area contributed by atoms with Crippen LogP contribution in [0.5, 0.6) is 0 Å². The largest absolute Gasteiger partial charge is 0.338 e. The fourth-order valence-corrected chi connectivity index (χ4v) is 5.00. The van der Waals surface area contributed by atoms with Gasteiger partial charge >= 0.3 is 0 Å². The minimum absolute atomic E-state index is 0.0591. The van der Waals surface area contributed by atoms with Crippen LogP contribution in [0.15, 0.2) is 57.1 Å². The van der Waals surface area contributed by atoms with E-state index in [1.165, 1.54) is 0 Å². The number of benzene rings is 1. The first-order valence-corrected chi connectivity index (χ1v) is 12.4. The van der Waals surface area contributed by atoms with Crippen LogP contribution in [-0.2, 0) is 21.4 Å². The lowest BCUT2D eigenvalue weighted by Gasteiger charge is -2.36. The van der Waals surface area contributed by atoms with Gasteiger partial charge in [0.05, 0.1) is 17.9 Å². The Morgan fingerprint density at radius 1 is 1.09 bits per heavy atom. The van der Waals surface area contributed by atoms with Gasteiger partial charge in [0.2, 0.25) is 11.7 Å². The van der Waals surface area contributed by atoms with Crippen LogP contribution < -0.4 is 0 Å². The lowest BCUT2D eigenvalue weighted by atomic mass is 10.1. The minimum atomic E-state index is -3.55. The number of rotatable bonds is 4. The molecule has 1 amide bonds. The van der Waals surface area contributed by atoms with Gasteiger partial charge in [-0.05, 0) is 36.4 Å². The zero-order valence-electron chi connectivity index (χ0n) is 17.6. The first-order valence-electron chi connectivity index (χ1n) is 10.5. The fraction of sp³-hybridized carbons (Fsp3) is 0.333. The van der Waals surface area contributed by atoms with Crippen molar-refractivity contribution in [3.05, 3.63) is 59.1 Å². The van der Waals surface area contributed by atoms with Gasteiger partial charge in [-0.2, -0.15) is 4.98 Å². The molecule has 2 aromatic rings. The van der Waals surface area contributed by atoms with Gasteiger partial charge in [-0.15, -0.1) is 4.40 Å². The Kier molecular flexibility index (Phi) is 5.77. The van der Waals surface area contributed by atoms with Crippen LogP contribution in [-0.4, -0.2) is 83.5 Å². The van der Waals surface area contributed by atoms with Gasteiger partial charge in [0, 0.05) is 49.5 Å². The lowest BCUT2D eigenvalue weighted by Crippen LogP contribution is -2.50. The second kappa shape index (κ2) is 8.73. The van der Waals surface area contributed by atoms with Crippen LogP contribution in [0.2, 0.25) is 5.02 Å². The van der Waals surface area contributed by atoms with Crippen molar-refractivity contribution in [1.29, 1.82) is 0 Å². The van der Waals surface area contributed by atoms with E-state index in [9.17, 15) is 13.2 Å². The summed E-state index contributed by atoms with van der Waals surface area (Å²) in [6, 6.07) is 7.21. The number of halogens is 1. The molecule has 1 aromatic heterocycles. The fourth-order valence-electron chi connectivity index (χ4n) is 3.89. The van der Waals surface area contributed by atoms with Crippen LogP contribution in [0.25, 0.3) is 11.4 Å². The number of hydrogen-bond acceptors (Lipinski definition) is 8. The number of allylic oxidation sites excluding steroid dienone is 2. The molecule has 33 heavy (non-hydrogen) atoms. The van der Waals surface area contributed by atoms with E-state index in [1.54, 1.807) is 40.3 Å². The Labute approximate surface area is 195 Å². The maximum Gasteiger partial charge on any atom is 0.257 e. The molecule has 3 aliphatic rings. The van der Waals surface area contributed by atoms with Crippen molar-refractivity contribution in [1.82, 2.24) is 24.8 Å². The molecule has 0 radical (unpaired) electrons. The number of amides is 1. The predicted molar refractivity (Wildman–Crippen MR) is 122 cm³/mol. The second-order valence-corrected chi connectivity index (χ2v) is 10.1. The quantitative estimate of drug-likeness (QED) is 0.637. The molecule has 0 saturated carbocycles. The van der Waals surface area contributed by atoms with Crippen molar-refractivity contribution in [2.24, 2.45) is 4.40 Å². The van der Waals surface area contributed by atoms with E-state index in [1.807, 2.05) is 12.1 Å². The Morgan fingerprint density at radius 2 is 1.85 bits per heavy atom. The maximum atomic E-state index is 13.1. The Morgan fingerprint density at radius 3 is 2.61 bits per heavy atom. The van der Waals surface area contributed by atoms with Crippen molar-refractivity contribution in [3.63, 3.8) is 0 Å². The van der Waals surface area contributed by atoms with Crippen LogP contribution in [0.3, 0.4) is 0 Å². The van der Waals surface area contributed by atoms with Crippen molar-refractivity contribution >= 4 is 33.4 Å². The second-order valence-electron chi connectivity index (χ2n) is 7.90. The molecule has 0 unspecified atom stereocenters. The van der Waals surface area contributed by atoms with Crippen LogP contribution >= 0.6 is 11.6 Å². The molecule has 0 atom stereocenters. The number of carbonyl (C=O) groups is 1. The van der Waals surface area contributed by atoms with Crippen molar-refractivity contribution in [2.75, 3.05) is 38.5 Å². The highest BCUT2D eigenvalue weighted by atomic mass is 35.5. The molecule has 10 nitrogen and oxygen atoms in total. The van der Waals surface area contributed by atoms with E-state index in [0.29, 0.717) is 55.0 Å². The van der Waals surface area contributed by atoms with E-state index in [4.69, 9.17) is 16.1 Å². The molecule has 1 aromatic carbocycles. The van der Waals surface area contributed by atoms with Crippen molar-refractivity contribution in [3.8, 4) is 11.4 Å². The third kappa shape index (κ3) is 4.70. The van der Waals surface area contributed by atoms with E-state index < -0.39 is 10.0 Å². The first-order chi connectivity index (χ1) is 15.9. The van der Waals surface area contributed by atoms with Crippen LogP contribution in [0.4, 0.5) is 0 Å². The monoisotopic (exact) mass is 488 g/mol. The molecule has 172 valence electrons. The molecular weight excluding hydrogens is 468 g/mol. The van der Waals surface area contributed by atoms with E-state index >= 15 is 0 Å². The molecule has 0 bridgehead atoms. The topological polar surface area (TPSA) is 112 Å². The van der Waals surface area contributed by atoms with Gasteiger partial charge in [-0.25, -0.2) is 8.42 Å². The summed E-state index contributed by atoms with van der Waals surface area (Å²) in [5.74, 6) is 0.924.